The second-order valence-electron chi connectivity index (χ2n) is 6.77. The van der Waals surface area contributed by atoms with E-state index in [9.17, 15) is 4.79 Å². The molecule has 0 aromatic rings. The van der Waals surface area contributed by atoms with Gasteiger partial charge in [0.15, 0.2) is 0 Å². The Morgan fingerprint density at radius 2 is 1.82 bits per heavy atom. The van der Waals surface area contributed by atoms with Crippen LogP contribution in [0.1, 0.15) is 53.4 Å². The lowest BCUT2D eigenvalue weighted by Crippen LogP contribution is -2.50. The molecule has 2 rings (SSSR count). The predicted octanol–water partition coefficient (Wildman–Crippen LogP) is 3.43. The third-order valence-electron chi connectivity index (χ3n) is 4.53. The molecule has 1 unspecified atom stereocenters. The van der Waals surface area contributed by atoms with Crippen LogP contribution in [0.2, 0.25) is 0 Å². The van der Waals surface area contributed by atoms with Crippen molar-refractivity contribution in [3.05, 3.63) is 0 Å². The summed E-state index contributed by atoms with van der Waals surface area (Å²) in [4.78, 5) is 13.8. The Labute approximate surface area is 105 Å². The lowest BCUT2D eigenvalue weighted by Gasteiger charge is -2.52. The van der Waals surface area contributed by atoms with Crippen molar-refractivity contribution in [3.8, 4) is 0 Å². The highest BCUT2D eigenvalue weighted by atomic mass is 16.6. The van der Waals surface area contributed by atoms with Crippen LogP contribution in [0.3, 0.4) is 0 Å². The molecule has 17 heavy (non-hydrogen) atoms. The fraction of sp³-hybridized carbons (Fsp3) is 0.929. The molecule has 1 atom stereocenters. The summed E-state index contributed by atoms with van der Waals surface area (Å²) >= 11 is 0. The second-order valence-corrected chi connectivity index (χ2v) is 6.77. The first kappa shape index (κ1) is 12.7. The monoisotopic (exact) mass is 239 g/mol. The van der Waals surface area contributed by atoms with E-state index in [1.165, 1.54) is 12.8 Å². The highest BCUT2D eigenvalue weighted by molar-refractivity contribution is 5.68. The van der Waals surface area contributed by atoms with Gasteiger partial charge in [0.1, 0.15) is 5.60 Å². The summed E-state index contributed by atoms with van der Waals surface area (Å²) in [5.41, 5.74) is 0.175. The maximum absolute atomic E-state index is 11.9. The van der Waals surface area contributed by atoms with Crippen LogP contribution < -0.4 is 0 Å². The number of ether oxygens (including phenoxy) is 1. The Balaban J connectivity index is 1.85. The van der Waals surface area contributed by atoms with Crippen LogP contribution in [0, 0.1) is 11.3 Å². The van der Waals surface area contributed by atoms with Crippen molar-refractivity contribution in [1.82, 2.24) is 4.90 Å². The van der Waals surface area contributed by atoms with Gasteiger partial charge in [-0.25, -0.2) is 4.79 Å². The molecule has 2 fully saturated rings. The molecule has 1 saturated carbocycles. The van der Waals surface area contributed by atoms with Crippen LogP contribution in [0.15, 0.2) is 0 Å². The molecule has 0 aromatic carbocycles. The molecule has 0 aromatic heterocycles. The number of nitrogens with zero attached hydrogens (tertiary/aromatic N) is 1. The predicted molar refractivity (Wildman–Crippen MR) is 67.9 cm³/mol. The SMILES string of the molecule is CC1CCC12CCN(C(=O)OC(C)(C)C)CC2. The van der Waals surface area contributed by atoms with Crippen LogP contribution >= 0.6 is 0 Å². The molecule has 1 amide bonds. The van der Waals surface area contributed by atoms with Crippen molar-refractivity contribution in [1.29, 1.82) is 0 Å². The topological polar surface area (TPSA) is 29.5 Å². The third-order valence-corrected chi connectivity index (χ3v) is 4.53. The Morgan fingerprint density at radius 3 is 2.18 bits per heavy atom. The number of piperidine rings is 1. The van der Waals surface area contributed by atoms with Crippen molar-refractivity contribution in [2.24, 2.45) is 11.3 Å². The van der Waals surface area contributed by atoms with Crippen molar-refractivity contribution in [2.75, 3.05) is 13.1 Å². The number of rotatable bonds is 0. The molecule has 1 aliphatic heterocycles. The van der Waals surface area contributed by atoms with E-state index in [0.717, 1.165) is 31.8 Å². The zero-order valence-electron chi connectivity index (χ0n) is 11.6. The summed E-state index contributed by atoms with van der Waals surface area (Å²) in [6.45, 7) is 9.87. The van der Waals surface area contributed by atoms with E-state index in [1.54, 1.807) is 0 Å². The smallest absolute Gasteiger partial charge is 0.410 e. The highest BCUT2D eigenvalue weighted by Gasteiger charge is 2.46. The summed E-state index contributed by atoms with van der Waals surface area (Å²) in [5.74, 6) is 0.850. The number of carbonyl (C=O) groups excluding carboxylic acids is 1. The van der Waals surface area contributed by atoms with Gasteiger partial charge in [-0.05, 0) is 57.8 Å². The van der Waals surface area contributed by atoms with Gasteiger partial charge in [0, 0.05) is 13.1 Å². The molecule has 0 radical (unpaired) electrons. The van der Waals surface area contributed by atoms with Crippen LogP contribution in [-0.4, -0.2) is 29.7 Å². The van der Waals surface area contributed by atoms with Gasteiger partial charge >= 0.3 is 6.09 Å². The minimum absolute atomic E-state index is 0.140. The van der Waals surface area contributed by atoms with Gasteiger partial charge in [-0.15, -0.1) is 0 Å². The lowest BCUT2D eigenvalue weighted by molar-refractivity contribution is -0.0352. The molecule has 98 valence electrons. The second kappa shape index (κ2) is 4.18. The standard InChI is InChI=1S/C14H25NO2/c1-11-5-6-14(11)7-9-15(10-8-14)12(16)17-13(2,3)4/h11H,5-10H2,1-4H3. The number of amides is 1. The van der Waals surface area contributed by atoms with E-state index >= 15 is 0 Å². The van der Waals surface area contributed by atoms with E-state index in [-0.39, 0.29) is 11.7 Å². The van der Waals surface area contributed by atoms with Gasteiger partial charge in [0.05, 0.1) is 0 Å². The first-order chi connectivity index (χ1) is 7.82. The first-order valence-corrected chi connectivity index (χ1v) is 6.80. The van der Waals surface area contributed by atoms with E-state index in [0.29, 0.717) is 5.41 Å². The van der Waals surface area contributed by atoms with Gasteiger partial charge in [0.2, 0.25) is 0 Å². The average Bonchev–Trinajstić information content (AvgIpc) is 2.25. The molecular formula is C14H25NO2. The molecule has 1 spiro atoms. The Hall–Kier alpha value is -0.730. The molecule has 1 saturated heterocycles. The lowest BCUT2D eigenvalue weighted by atomic mass is 9.56. The van der Waals surface area contributed by atoms with Gasteiger partial charge in [-0.3, -0.25) is 0 Å². The summed E-state index contributed by atoms with van der Waals surface area (Å²) in [6, 6.07) is 0. The summed E-state index contributed by atoms with van der Waals surface area (Å²) in [6.07, 6.45) is 4.91. The Morgan fingerprint density at radius 1 is 1.24 bits per heavy atom. The molecular weight excluding hydrogens is 214 g/mol. The van der Waals surface area contributed by atoms with E-state index < -0.39 is 0 Å². The zero-order valence-corrected chi connectivity index (χ0v) is 11.6. The van der Waals surface area contributed by atoms with Crippen molar-refractivity contribution >= 4 is 6.09 Å². The van der Waals surface area contributed by atoms with Crippen LogP contribution in [0.4, 0.5) is 4.79 Å². The fourth-order valence-corrected chi connectivity index (χ4v) is 3.05. The normalized spacial score (nSPS) is 27.8. The number of hydrogen-bond donors (Lipinski definition) is 0. The zero-order chi connectivity index (χ0) is 12.7. The van der Waals surface area contributed by atoms with E-state index in [2.05, 4.69) is 6.92 Å². The van der Waals surface area contributed by atoms with Crippen LogP contribution in [0.5, 0.6) is 0 Å². The maximum Gasteiger partial charge on any atom is 0.410 e. The fourth-order valence-electron chi connectivity index (χ4n) is 3.05. The van der Waals surface area contributed by atoms with Crippen molar-refractivity contribution in [3.63, 3.8) is 0 Å². The molecule has 1 aliphatic carbocycles. The first-order valence-electron chi connectivity index (χ1n) is 6.80. The quantitative estimate of drug-likeness (QED) is 0.648. The molecule has 0 bridgehead atoms. The minimum Gasteiger partial charge on any atom is -0.444 e. The van der Waals surface area contributed by atoms with Crippen LogP contribution in [-0.2, 0) is 4.74 Å². The average molecular weight is 239 g/mol. The number of likely N-dealkylation sites (tertiary alicyclic amines) is 1. The summed E-state index contributed by atoms with van der Waals surface area (Å²) in [5, 5.41) is 0. The molecule has 3 heteroatoms. The molecule has 1 heterocycles. The van der Waals surface area contributed by atoms with E-state index in [1.807, 2.05) is 25.7 Å². The highest BCUT2D eigenvalue weighted by Crippen LogP contribution is 2.53. The molecule has 0 N–H and O–H groups in total. The molecule has 3 nitrogen and oxygen atoms in total. The van der Waals surface area contributed by atoms with Crippen LogP contribution in [0.25, 0.3) is 0 Å². The Kier molecular flexibility index (Phi) is 3.13. The summed E-state index contributed by atoms with van der Waals surface area (Å²) in [7, 11) is 0. The van der Waals surface area contributed by atoms with Gasteiger partial charge in [-0.2, -0.15) is 0 Å². The summed E-state index contributed by atoms with van der Waals surface area (Å²) < 4.78 is 5.41. The number of hydrogen-bond acceptors (Lipinski definition) is 2. The Bertz CT molecular complexity index is 298. The maximum atomic E-state index is 11.9. The van der Waals surface area contributed by atoms with Crippen molar-refractivity contribution in [2.45, 2.75) is 59.0 Å². The van der Waals surface area contributed by atoms with E-state index in [4.69, 9.17) is 4.74 Å². The molecule has 2 aliphatic rings. The number of carbonyl (C=O) groups is 1. The largest absolute Gasteiger partial charge is 0.444 e. The minimum atomic E-state index is -0.379. The van der Waals surface area contributed by atoms with Gasteiger partial charge in [-0.1, -0.05) is 6.92 Å². The third kappa shape index (κ3) is 2.58. The van der Waals surface area contributed by atoms with Gasteiger partial charge < -0.3 is 9.64 Å². The van der Waals surface area contributed by atoms with Crippen molar-refractivity contribution < 1.29 is 9.53 Å². The van der Waals surface area contributed by atoms with Gasteiger partial charge in [0.25, 0.3) is 0 Å².